The number of rotatable bonds is 23. The number of halogens is 3. The molecule has 16 nitrogen and oxygen atoms in total. The van der Waals surface area contributed by atoms with Crippen LogP contribution >= 0.6 is 34.5 Å². The molecule has 1 saturated carbocycles. The minimum atomic E-state index is -1.06. The molecule has 1 saturated heterocycles. The number of aromatic nitrogens is 4. The molecule has 0 unspecified atom stereocenters. The second-order valence-electron chi connectivity index (χ2n) is 20.2. The predicted molar refractivity (Wildman–Crippen MR) is 305 cm³/mol. The van der Waals surface area contributed by atoms with Crippen molar-refractivity contribution < 1.29 is 52.2 Å². The summed E-state index contributed by atoms with van der Waals surface area (Å²) in [5.41, 5.74) is 4.69. The predicted octanol–water partition coefficient (Wildman–Crippen LogP) is 10.7. The topological polar surface area (TPSA) is 169 Å². The van der Waals surface area contributed by atoms with E-state index >= 15 is 0 Å². The number of carbonyl (C=O) groups is 1. The van der Waals surface area contributed by atoms with E-state index in [1.54, 1.807) is 43.7 Å². The zero-order chi connectivity index (χ0) is 55.7. The maximum Gasteiger partial charge on any atom is 0.307 e. The van der Waals surface area contributed by atoms with Crippen LogP contribution in [-0.4, -0.2) is 160 Å². The molecule has 3 aromatic heterocycles. The first kappa shape index (κ1) is 60.0. The Morgan fingerprint density at radius 1 is 0.886 bits per heavy atom. The highest BCUT2D eigenvalue weighted by Gasteiger charge is 2.33. The summed E-state index contributed by atoms with van der Waals surface area (Å²) in [5, 5.41) is 12.4. The molecular weight excluding hydrogens is 1070 g/mol. The maximum absolute atomic E-state index is 14.5. The van der Waals surface area contributed by atoms with Gasteiger partial charge in [0, 0.05) is 86.7 Å². The number of thiophene rings is 1. The second kappa shape index (κ2) is 30.1. The maximum atomic E-state index is 14.5. The SMILES string of the molecule is C=C/C=C1\C=C(/OCc2ccnc([C@@H]3CCCC[C@H]3COCCOCCOCCOCCOC)n2)C[C@H](C(=O)O)Cc2ncnc3sc(-c4ccc(F)cc4)c(c23)-c2c(C)c(Cl)c(c(Cl)c2C)O[C@H](CN2CCN(C)CC2)CO1. The van der Waals surface area contributed by atoms with Crippen LogP contribution in [0, 0.1) is 31.5 Å². The van der Waals surface area contributed by atoms with E-state index in [1.165, 1.54) is 29.8 Å². The van der Waals surface area contributed by atoms with Gasteiger partial charge in [-0.2, -0.15) is 0 Å². The Kier molecular flexibility index (Phi) is 22.8. The number of aliphatic carboxylic acids is 1. The number of hydrogen-bond donors (Lipinski definition) is 1. The van der Waals surface area contributed by atoms with Crippen LogP contribution in [0.3, 0.4) is 0 Å². The zero-order valence-corrected chi connectivity index (χ0v) is 48.0. The van der Waals surface area contributed by atoms with Crippen molar-refractivity contribution in [1.29, 1.82) is 0 Å². The van der Waals surface area contributed by atoms with Gasteiger partial charge in [-0.1, -0.05) is 60.8 Å². The molecule has 4 aliphatic rings. The van der Waals surface area contributed by atoms with E-state index in [0.29, 0.717) is 126 Å². The molecule has 1 aliphatic carbocycles. The Hall–Kier alpha value is -5.12. The van der Waals surface area contributed by atoms with Crippen LogP contribution in [0.5, 0.6) is 5.75 Å². The van der Waals surface area contributed by atoms with Gasteiger partial charge in [-0.25, -0.2) is 24.3 Å². The Bertz CT molecular complexity index is 2860. The number of benzene rings is 2. The van der Waals surface area contributed by atoms with Crippen molar-refractivity contribution in [3.63, 3.8) is 0 Å². The molecule has 5 aromatic rings. The van der Waals surface area contributed by atoms with E-state index in [2.05, 4.69) is 23.4 Å². The molecule has 0 radical (unpaired) electrons. The molecule has 20 heteroatoms. The highest BCUT2D eigenvalue weighted by molar-refractivity contribution is 7.22. The summed E-state index contributed by atoms with van der Waals surface area (Å²) in [6.45, 7) is 16.4. The van der Waals surface area contributed by atoms with Gasteiger partial charge >= 0.3 is 5.97 Å². The second-order valence-corrected chi connectivity index (χ2v) is 21.9. The van der Waals surface area contributed by atoms with E-state index in [9.17, 15) is 14.3 Å². The van der Waals surface area contributed by atoms with E-state index in [0.717, 1.165) is 79.3 Å². The number of carboxylic acid groups (broad SMARTS) is 1. The van der Waals surface area contributed by atoms with E-state index < -0.39 is 18.0 Å². The number of fused-ring (bicyclic) bond motifs is 10. The standard InChI is InChI=1S/C59H73Cl2FN6O10S/c1-6-9-45-32-46(76-35-44-16-17-63-57(66-44)48-11-8-7-10-41(48)34-75-29-28-74-27-26-73-25-24-72-23-22-71-5)30-42(59(69)70)31-49-51-52(56(79-58(51)65-37-64-49)40-12-14-43(62)15-13-40)50-38(2)53(60)55(54(61)39(50)3)78-47(36-77-45)33-68-20-18-67(4)19-21-68/h6,9,12-17,32,37,41-42,47-48H,1,7-8,10-11,18-31,33-36H2,2-5H3,(H,69,70)/b45-9+,46-32-/t41-,42-,47+,48+/m0/s1. The number of carboxylic acids is 1. The van der Waals surface area contributed by atoms with Crippen LogP contribution < -0.4 is 4.74 Å². The highest BCUT2D eigenvalue weighted by atomic mass is 35.5. The third-order valence-electron chi connectivity index (χ3n) is 14.6. The lowest BCUT2D eigenvalue weighted by molar-refractivity contribution is -0.142. The molecular formula is C59H73Cl2FN6O10S. The van der Waals surface area contributed by atoms with Crippen molar-refractivity contribution in [3.05, 3.63) is 123 Å². The highest BCUT2D eigenvalue weighted by Crippen LogP contribution is 2.52. The van der Waals surface area contributed by atoms with Crippen LogP contribution in [0.4, 0.5) is 4.39 Å². The molecule has 1 N–H and O–H groups in total. The smallest absolute Gasteiger partial charge is 0.307 e. The number of hydrogen-bond acceptors (Lipinski definition) is 16. The van der Waals surface area contributed by atoms with Crippen LogP contribution in [-0.2, 0) is 51.0 Å². The fourth-order valence-corrected chi connectivity index (χ4v) is 12.0. The summed E-state index contributed by atoms with van der Waals surface area (Å²) >= 11 is 16.2. The van der Waals surface area contributed by atoms with Crippen molar-refractivity contribution in [2.45, 2.75) is 71.0 Å². The lowest BCUT2D eigenvalue weighted by atomic mass is 9.79. The van der Waals surface area contributed by atoms with Crippen LogP contribution in [0.25, 0.3) is 31.8 Å². The molecule has 4 atom stereocenters. The van der Waals surface area contributed by atoms with E-state index in [-0.39, 0.29) is 43.7 Å². The molecule has 0 amide bonds. The number of nitrogens with zero attached hydrogens (tertiary/aromatic N) is 6. The van der Waals surface area contributed by atoms with Gasteiger partial charge in [0.25, 0.3) is 0 Å². The van der Waals surface area contributed by atoms with Gasteiger partial charge in [0.05, 0.1) is 86.8 Å². The molecule has 2 fully saturated rings. The molecule has 6 heterocycles. The fraction of sp³-hybridized carbons (Fsp3) is 0.508. The summed E-state index contributed by atoms with van der Waals surface area (Å²) in [6.07, 6.45) is 11.7. The number of ether oxygens (including phenoxy) is 8. The normalized spacial score (nSPS) is 20.8. The number of allylic oxidation sites excluding steroid dienone is 4. The van der Waals surface area contributed by atoms with Crippen LogP contribution in [0.15, 0.2) is 79.2 Å². The summed E-state index contributed by atoms with van der Waals surface area (Å²) < 4.78 is 62.6. The van der Waals surface area contributed by atoms with Crippen LogP contribution in [0.1, 0.15) is 66.4 Å². The number of likely N-dealkylation sites (N-methyl/N-ethyl adjacent to an activating group) is 1. The summed E-state index contributed by atoms with van der Waals surface area (Å²) in [5.74, 6) is -0.409. The Labute approximate surface area is 476 Å². The van der Waals surface area contributed by atoms with Crippen molar-refractivity contribution in [1.82, 2.24) is 29.7 Å². The summed E-state index contributed by atoms with van der Waals surface area (Å²) in [7, 11) is 3.75. The Balaban J connectivity index is 1.08. The van der Waals surface area contributed by atoms with Gasteiger partial charge in [0.2, 0.25) is 0 Å². The fourth-order valence-electron chi connectivity index (χ4n) is 10.3. The molecule has 2 bridgehead atoms. The van der Waals surface area contributed by atoms with Gasteiger partial charge in [0.15, 0.2) is 5.75 Å². The minimum Gasteiger partial charge on any atom is -0.491 e. The van der Waals surface area contributed by atoms with Gasteiger partial charge < -0.3 is 47.9 Å². The average molecular weight is 1150 g/mol. The van der Waals surface area contributed by atoms with Crippen molar-refractivity contribution in [2.75, 3.05) is 113 Å². The average Bonchev–Trinajstić information content (AvgIpc) is 3.97. The third kappa shape index (κ3) is 16.3. The molecule has 3 aliphatic heterocycles. The van der Waals surface area contributed by atoms with E-state index in [1.807, 2.05) is 19.9 Å². The summed E-state index contributed by atoms with van der Waals surface area (Å²) in [6, 6.07) is 8.07. The van der Waals surface area contributed by atoms with Crippen LogP contribution in [0.2, 0.25) is 10.0 Å². The first-order chi connectivity index (χ1) is 38.4. The first-order valence-corrected chi connectivity index (χ1v) is 28.7. The molecule has 0 spiro atoms. The number of piperazine rings is 1. The molecule has 9 rings (SSSR count). The van der Waals surface area contributed by atoms with Crippen molar-refractivity contribution in [3.8, 4) is 27.3 Å². The van der Waals surface area contributed by atoms with Crippen molar-refractivity contribution >= 4 is 50.7 Å². The zero-order valence-electron chi connectivity index (χ0n) is 45.7. The Morgan fingerprint density at radius 2 is 1.57 bits per heavy atom. The minimum absolute atomic E-state index is 0.00788. The van der Waals surface area contributed by atoms with Crippen molar-refractivity contribution in [2.24, 2.45) is 11.8 Å². The van der Waals surface area contributed by atoms with Gasteiger partial charge in [0.1, 0.15) is 53.6 Å². The third-order valence-corrected chi connectivity index (χ3v) is 16.6. The molecule has 2 aromatic carbocycles. The Morgan fingerprint density at radius 3 is 2.25 bits per heavy atom. The largest absolute Gasteiger partial charge is 0.491 e. The quantitative estimate of drug-likeness (QED) is 0.0613. The lowest BCUT2D eigenvalue weighted by Gasteiger charge is -2.35. The van der Waals surface area contributed by atoms with Gasteiger partial charge in [-0.05, 0) is 86.2 Å². The van der Waals surface area contributed by atoms with Gasteiger partial charge in [-0.15, -0.1) is 11.3 Å². The van der Waals surface area contributed by atoms with E-state index in [4.69, 9.17) is 81.0 Å². The molecule has 79 heavy (non-hydrogen) atoms. The van der Waals surface area contributed by atoms with Gasteiger partial charge in [-0.3, -0.25) is 9.69 Å². The molecule has 426 valence electrons. The lowest BCUT2D eigenvalue weighted by Crippen LogP contribution is -2.48. The first-order valence-electron chi connectivity index (χ1n) is 27.1. The number of methoxy groups -OCH3 is 1. The summed E-state index contributed by atoms with van der Waals surface area (Å²) in [4.78, 5) is 39.0. The monoisotopic (exact) mass is 1150 g/mol.